The third-order valence-electron chi connectivity index (χ3n) is 4.91. The van der Waals surface area contributed by atoms with Crippen LogP contribution in [0, 0.1) is 13.8 Å². The van der Waals surface area contributed by atoms with Gasteiger partial charge in [-0.25, -0.2) is 0 Å². The van der Waals surface area contributed by atoms with E-state index >= 15 is 0 Å². The minimum Gasteiger partial charge on any atom is -0.356 e. The SMILES string of the molecule is Cc1cc(C)n([C@H]2CCCN(C(=O)Cc3noc4ccccc34)C2)n1. The monoisotopic (exact) mass is 338 g/mol. The summed E-state index contributed by atoms with van der Waals surface area (Å²) in [6.07, 6.45) is 2.33. The fraction of sp³-hybridized carbons (Fsp3) is 0.421. The highest BCUT2D eigenvalue weighted by molar-refractivity contribution is 5.86. The van der Waals surface area contributed by atoms with Gasteiger partial charge in [0, 0.05) is 24.2 Å². The zero-order valence-electron chi connectivity index (χ0n) is 14.6. The average Bonchev–Trinajstić information content (AvgIpc) is 3.18. The molecule has 4 rings (SSSR count). The zero-order chi connectivity index (χ0) is 17.4. The van der Waals surface area contributed by atoms with Crippen LogP contribution < -0.4 is 0 Å². The summed E-state index contributed by atoms with van der Waals surface area (Å²) in [6.45, 7) is 5.58. The third-order valence-corrected chi connectivity index (χ3v) is 4.91. The van der Waals surface area contributed by atoms with Gasteiger partial charge in [0.1, 0.15) is 5.69 Å². The topological polar surface area (TPSA) is 64.2 Å². The molecule has 1 aliphatic heterocycles. The lowest BCUT2D eigenvalue weighted by atomic mass is 10.0. The van der Waals surface area contributed by atoms with Crippen molar-refractivity contribution in [2.45, 2.75) is 39.2 Å². The van der Waals surface area contributed by atoms with E-state index in [1.54, 1.807) is 0 Å². The maximum atomic E-state index is 12.8. The minimum atomic E-state index is 0.102. The van der Waals surface area contributed by atoms with Crippen LogP contribution in [-0.4, -0.2) is 38.8 Å². The molecule has 1 aromatic carbocycles. The van der Waals surface area contributed by atoms with Crippen molar-refractivity contribution in [3.63, 3.8) is 0 Å². The van der Waals surface area contributed by atoms with Gasteiger partial charge in [-0.2, -0.15) is 5.10 Å². The lowest BCUT2D eigenvalue weighted by molar-refractivity contribution is -0.132. The smallest absolute Gasteiger partial charge is 0.228 e. The predicted molar refractivity (Wildman–Crippen MR) is 94.3 cm³/mol. The van der Waals surface area contributed by atoms with Gasteiger partial charge in [0.05, 0.1) is 18.2 Å². The van der Waals surface area contributed by atoms with Gasteiger partial charge in [-0.05, 0) is 44.9 Å². The molecular formula is C19H22N4O2. The van der Waals surface area contributed by atoms with Crippen LogP contribution in [0.1, 0.15) is 36.0 Å². The summed E-state index contributed by atoms with van der Waals surface area (Å²) in [6, 6.07) is 10.00. The summed E-state index contributed by atoms with van der Waals surface area (Å²) >= 11 is 0. The number of aromatic nitrogens is 3. The van der Waals surface area contributed by atoms with Gasteiger partial charge in [0.15, 0.2) is 5.58 Å². The van der Waals surface area contributed by atoms with Crippen LogP contribution in [0.5, 0.6) is 0 Å². The molecule has 6 heteroatoms. The third kappa shape index (κ3) is 3.04. The summed E-state index contributed by atoms with van der Waals surface area (Å²) in [4.78, 5) is 14.7. The lowest BCUT2D eigenvalue weighted by Gasteiger charge is -2.33. The number of benzene rings is 1. The van der Waals surface area contributed by atoms with Crippen molar-refractivity contribution < 1.29 is 9.32 Å². The van der Waals surface area contributed by atoms with E-state index in [0.29, 0.717) is 12.2 Å². The number of para-hydroxylation sites is 1. The second-order valence-electron chi connectivity index (χ2n) is 6.81. The summed E-state index contributed by atoms with van der Waals surface area (Å²) < 4.78 is 7.38. The van der Waals surface area contributed by atoms with Gasteiger partial charge in [-0.15, -0.1) is 0 Å². The predicted octanol–water partition coefficient (Wildman–Crippen LogP) is 3.05. The number of carbonyl (C=O) groups is 1. The van der Waals surface area contributed by atoms with Gasteiger partial charge < -0.3 is 9.42 Å². The van der Waals surface area contributed by atoms with Gasteiger partial charge in [0.25, 0.3) is 0 Å². The molecule has 0 bridgehead atoms. The number of fused-ring (bicyclic) bond motifs is 1. The molecule has 3 aromatic rings. The van der Waals surface area contributed by atoms with Crippen molar-refractivity contribution in [1.82, 2.24) is 19.8 Å². The molecule has 0 aliphatic carbocycles. The molecule has 3 heterocycles. The van der Waals surface area contributed by atoms with Crippen LogP contribution in [0.3, 0.4) is 0 Å². The Morgan fingerprint density at radius 3 is 2.96 bits per heavy atom. The Morgan fingerprint density at radius 1 is 1.32 bits per heavy atom. The Balaban J connectivity index is 1.49. The first-order valence-electron chi connectivity index (χ1n) is 8.75. The second-order valence-corrected chi connectivity index (χ2v) is 6.81. The number of carbonyl (C=O) groups excluding carboxylic acids is 1. The van der Waals surface area contributed by atoms with Crippen molar-refractivity contribution in [1.29, 1.82) is 0 Å². The molecule has 1 amide bonds. The summed E-state index contributed by atoms with van der Waals surface area (Å²) in [5.41, 5.74) is 3.62. The normalized spacial score (nSPS) is 18.0. The van der Waals surface area contributed by atoms with Crippen LogP contribution in [0.2, 0.25) is 0 Å². The molecule has 0 spiro atoms. The molecule has 1 fully saturated rings. The van der Waals surface area contributed by atoms with E-state index in [9.17, 15) is 4.79 Å². The Morgan fingerprint density at radius 2 is 2.16 bits per heavy atom. The van der Waals surface area contributed by atoms with E-state index in [0.717, 1.165) is 41.7 Å². The second kappa shape index (κ2) is 6.35. The molecule has 0 radical (unpaired) electrons. The van der Waals surface area contributed by atoms with Crippen LogP contribution in [0.25, 0.3) is 11.0 Å². The summed E-state index contributed by atoms with van der Waals surface area (Å²) in [5.74, 6) is 0.102. The number of piperidine rings is 1. The summed E-state index contributed by atoms with van der Waals surface area (Å²) in [7, 11) is 0. The van der Waals surface area contributed by atoms with Crippen molar-refractivity contribution in [2.24, 2.45) is 0 Å². The van der Waals surface area contributed by atoms with E-state index < -0.39 is 0 Å². The molecule has 0 N–H and O–H groups in total. The van der Waals surface area contributed by atoms with E-state index in [4.69, 9.17) is 4.52 Å². The highest BCUT2D eigenvalue weighted by Crippen LogP contribution is 2.24. The molecule has 6 nitrogen and oxygen atoms in total. The van der Waals surface area contributed by atoms with E-state index in [1.165, 1.54) is 0 Å². The van der Waals surface area contributed by atoms with Gasteiger partial charge in [-0.1, -0.05) is 17.3 Å². The molecular weight excluding hydrogens is 316 g/mol. The van der Waals surface area contributed by atoms with Crippen molar-refractivity contribution in [2.75, 3.05) is 13.1 Å². The quantitative estimate of drug-likeness (QED) is 0.736. The van der Waals surface area contributed by atoms with Crippen molar-refractivity contribution in [3.05, 3.63) is 47.4 Å². The molecule has 130 valence electrons. The minimum absolute atomic E-state index is 0.102. The van der Waals surface area contributed by atoms with Gasteiger partial charge in [0.2, 0.25) is 5.91 Å². The van der Waals surface area contributed by atoms with Crippen molar-refractivity contribution >= 4 is 16.9 Å². The van der Waals surface area contributed by atoms with Gasteiger partial charge in [-0.3, -0.25) is 9.48 Å². The van der Waals surface area contributed by atoms with E-state index in [1.807, 2.05) is 36.1 Å². The lowest BCUT2D eigenvalue weighted by Crippen LogP contribution is -2.42. The fourth-order valence-corrected chi connectivity index (χ4v) is 3.72. The highest BCUT2D eigenvalue weighted by Gasteiger charge is 2.27. The largest absolute Gasteiger partial charge is 0.356 e. The van der Waals surface area contributed by atoms with Crippen LogP contribution in [0.4, 0.5) is 0 Å². The Bertz CT molecular complexity index is 911. The maximum absolute atomic E-state index is 12.8. The number of hydrogen-bond acceptors (Lipinski definition) is 4. The molecule has 1 aliphatic rings. The van der Waals surface area contributed by atoms with Gasteiger partial charge >= 0.3 is 0 Å². The molecule has 0 unspecified atom stereocenters. The van der Waals surface area contributed by atoms with Crippen LogP contribution in [-0.2, 0) is 11.2 Å². The van der Waals surface area contributed by atoms with Crippen LogP contribution >= 0.6 is 0 Å². The van der Waals surface area contributed by atoms with E-state index in [2.05, 4.69) is 27.9 Å². The number of rotatable bonds is 3. The Labute approximate surface area is 146 Å². The maximum Gasteiger partial charge on any atom is 0.228 e. The first-order chi connectivity index (χ1) is 12.1. The molecule has 0 saturated carbocycles. The first-order valence-corrected chi connectivity index (χ1v) is 8.75. The highest BCUT2D eigenvalue weighted by atomic mass is 16.5. The number of hydrogen-bond donors (Lipinski definition) is 0. The summed E-state index contributed by atoms with van der Waals surface area (Å²) in [5, 5.41) is 9.60. The number of nitrogens with zero attached hydrogens (tertiary/aromatic N) is 4. The molecule has 1 saturated heterocycles. The van der Waals surface area contributed by atoms with Crippen molar-refractivity contribution in [3.8, 4) is 0 Å². The zero-order valence-corrected chi connectivity index (χ0v) is 14.6. The Hall–Kier alpha value is -2.63. The van der Waals surface area contributed by atoms with E-state index in [-0.39, 0.29) is 18.4 Å². The van der Waals surface area contributed by atoms with Crippen LogP contribution in [0.15, 0.2) is 34.9 Å². The average molecular weight is 338 g/mol. The number of likely N-dealkylation sites (tertiary alicyclic amines) is 1. The fourth-order valence-electron chi connectivity index (χ4n) is 3.72. The standard InChI is InChI=1S/C19H22N4O2/c1-13-10-14(2)23(20-13)15-6-5-9-22(12-15)19(24)11-17-16-7-3-4-8-18(16)25-21-17/h3-4,7-8,10,15H,5-6,9,11-12H2,1-2H3/t15-/m0/s1. The number of aryl methyl sites for hydroxylation is 2. The molecule has 25 heavy (non-hydrogen) atoms. The first kappa shape index (κ1) is 15.9. The molecule has 2 aromatic heterocycles. The Kier molecular flexibility index (Phi) is 4.03. The molecule has 1 atom stereocenters. The number of amides is 1.